The second kappa shape index (κ2) is 7.51. The van der Waals surface area contributed by atoms with Gasteiger partial charge in [-0.15, -0.1) is 0 Å². The van der Waals surface area contributed by atoms with Gasteiger partial charge in [-0.05, 0) is 6.42 Å². The van der Waals surface area contributed by atoms with E-state index in [9.17, 15) is 4.79 Å². The number of urea groups is 1. The number of nitrogens with one attached hydrogen (secondary N) is 2. The minimum atomic E-state index is -0.0470. The van der Waals surface area contributed by atoms with Crippen molar-refractivity contribution in [3.63, 3.8) is 0 Å². The van der Waals surface area contributed by atoms with Crippen molar-refractivity contribution in [2.45, 2.75) is 45.4 Å². The Kier molecular flexibility index (Phi) is 6.16. The molecule has 0 atom stereocenters. The van der Waals surface area contributed by atoms with Gasteiger partial charge in [-0.25, -0.2) is 4.79 Å². The first-order valence-corrected chi connectivity index (χ1v) is 6.07. The van der Waals surface area contributed by atoms with Crippen LogP contribution in [0.1, 0.15) is 45.4 Å². The van der Waals surface area contributed by atoms with E-state index < -0.39 is 0 Å². The van der Waals surface area contributed by atoms with Gasteiger partial charge in [0.15, 0.2) is 0 Å². The Balaban J connectivity index is 1.89. The molecule has 2 N–H and O–H groups in total. The molecule has 1 heterocycles. The molecule has 0 aromatic rings. The molecular weight excluding hydrogens is 190 g/mol. The predicted octanol–water partition coefficient (Wildman–Crippen LogP) is 1.88. The molecule has 15 heavy (non-hydrogen) atoms. The second-order valence-electron chi connectivity index (χ2n) is 4.16. The lowest BCUT2D eigenvalue weighted by molar-refractivity contribution is 0.180. The van der Waals surface area contributed by atoms with Crippen molar-refractivity contribution in [2.24, 2.45) is 0 Å². The summed E-state index contributed by atoms with van der Waals surface area (Å²) in [6.45, 7) is 4.71. The number of carbonyl (C=O) groups is 1. The first-order valence-electron chi connectivity index (χ1n) is 6.07. The Morgan fingerprint density at radius 1 is 1.07 bits per heavy atom. The molecule has 0 bridgehead atoms. The molecule has 0 saturated carbocycles. The van der Waals surface area contributed by atoms with Gasteiger partial charge in [0, 0.05) is 6.54 Å². The van der Waals surface area contributed by atoms with Crippen LogP contribution in [0.3, 0.4) is 0 Å². The average molecular weight is 213 g/mol. The maximum atomic E-state index is 10.8. The lowest BCUT2D eigenvalue weighted by Gasteiger charge is -2.27. The highest BCUT2D eigenvalue weighted by atomic mass is 16.2. The van der Waals surface area contributed by atoms with Crippen LogP contribution >= 0.6 is 0 Å². The maximum absolute atomic E-state index is 10.8. The van der Waals surface area contributed by atoms with Crippen LogP contribution in [-0.2, 0) is 0 Å². The van der Waals surface area contributed by atoms with Crippen molar-refractivity contribution in [1.29, 1.82) is 0 Å². The Hall–Kier alpha value is -0.770. The van der Waals surface area contributed by atoms with Gasteiger partial charge in [-0.3, -0.25) is 4.90 Å². The third kappa shape index (κ3) is 5.62. The van der Waals surface area contributed by atoms with Crippen LogP contribution in [-0.4, -0.2) is 30.8 Å². The fourth-order valence-corrected chi connectivity index (χ4v) is 1.76. The first-order chi connectivity index (χ1) is 7.33. The number of unbranched alkanes of at least 4 members (excludes halogenated alkanes) is 5. The first kappa shape index (κ1) is 12.3. The Bertz CT molecular complexity index is 175. The van der Waals surface area contributed by atoms with E-state index in [0.29, 0.717) is 13.3 Å². The molecule has 1 saturated heterocycles. The Morgan fingerprint density at radius 2 is 1.67 bits per heavy atom. The topological polar surface area (TPSA) is 44.4 Å². The second-order valence-corrected chi connectivity index (χ2v) is 4.16. The molecule has 0 unspecified atom stereocenters. The summed E-state index contributed by atoms with van der Waals surface area (Å²) in [5.74, 6) is 0. The van der Waals surface area contributed by atoms with Crippen molar-refractivity contribution in [2.75, 3.05) is 19.9 Å². The van der Waals surface area contributed by atoms with E-state index in [0.717, 1.165) is 6.54 Å². The molecule has 88 valence electrons. The van der Waals surface area contributed by atoms with Crippen LogP contribution in [0.25, 0.3) is 0 Å². The number of nitrogens with zero attached hydrogens (tertiary/aromatic N) is 1. The molecule has 2 amide bonds. The van der Waals surface area contributed by atoms with Crippen molar-refractivity contribution in [3.05, 3.63) is 0 Å². The van der Waals surface area contributed by atoms with Gasteiger partial charge >= 0.3 is 6.03 Å². The van der Waals surface area contributed by atoms with Crippen LogP contribution in [0.15, 0.2) is 0 Å². The van der Waals surface area contributed by atoms with Crippen molar-refractivity contribution in [1.82, 2.24) is 15.5 Å². The smallest absolute Gasteiger partial charge is 0.316 e. The van der Waals surface area contributed by atoms with Crippen LogP contribution in [0.2, 0.25) is 0 Å². The summed E-state index contributed by atoms with van der Waals surface area (Å²) in [5.41, 5.74) is 0. The number of hydrogen-bond acceptors (Lipinski definition) is 2. The summed E-state index contributed by atoms with van der Waals surface area (Å²) >= 11 is 0. The summed E-state index contributed by atoms with van der Waals surface area (Å²) < 4.78 is 0. The largest absolute Gasteiger partial charge is 0.325 e. The van der Waals surface area contributed by atoms with E-state index in [1.54, 1.807) is 0 Å². The van der Waals surface area contributed by atoms with Gasteiger partial charge in [-0.2, -0.15) is 0 Å². The van der Waals surface area contributed by atoms with Gasteiger partial charge in [-0.1, -0.05) is 39.0 Å². The maximum Gasteiger partial charge on any atom is 0.316 e. The molecule has 1 aliphatic rings. The zero-order chi connectivity index (χ0) is 10.9. The molecule has 1 aliphatic heterocycles. The quantitative estimate of drug-likeness (QED) is 0.634. The van der Waals surface area contributed by atoms with Crippen molar-refractivity contribution < 1.29 is 4.79 Å². The highest BCUT2D eigenvalue weighted by Crippen LogP contribution is 2.05. The van der Waals surface area contributed by atoms with E-state index in [1.807, 2.05) is 0 Å². The molecule has 1 rings (SSSR count). The summed E-state index contributed by atoms with van der Waals surface area (Å²) in [5, 5.41) is 5.54. The molecule has 0 aromatic carbocycles. The number of amides is 2. The lowest BCUT2D eigenvalue weighted by Crippen LogP contribution is -2.54. The molecule has 0 spiro atoms. The molecule has 4 nitrogen and oxygen atoms in total. The molecule has 0 aromatic heterocycles. The van der Waals surface area contributed by atoms with E-state index in [4.69, 9.17) is 0 Å². The summed E-state index contributed by atoms with van der Waals surface area (Å²) in [6.07, 6.45) is 7.93. The van der Waals surface area contributed by atoms with E-state index >= 15 is 0 Å². The predicted molar refractivity (Wildman–Crippen MR) is 61.5 cm³/mol. The summed E-state index contributed by atoms with van der Waals surface area (Å²) in [6, 6.07) is -0.0470. The van der Waals surface area contributed by atoms with Crippen LogP contribution in [0, 0.1) is 0 Å². The number of carbonyl (C=O) groups excluding carboxylic acids is 1. The fraction of sp³-hybridized carbons (Fsp3) is 0.909. The van der Waals surface area contributed by atoms with Gasteiger partial charge in [0.25, 0.3) is 0 Å². The zero-order valence-corrected chi connectivity index (χ0v) is 9.72. The molecule has 4 heteroatoms. The van der Waals surface area contributed by atoms with Gasteiger partial charge < -0.3 is 10.6 Å². The molecular formula is C11H23N3O. The Morgan fingerprint density at radius 3 is 2.33 bits per heavy atom. The van der Waals surface area contributed by atoms with Crippen LogP contribution < -0.4 is 10.6 Å². The minimum absolute atomic E-state index is 0.0470. The molecule has 0 aliphatic carbocycles. The van der Waals surface area contributed by atoms with Gasteiger partial charge in [0.1, 0.15) is 0 Å². The Labute approximate surface area is 92.4 Å². The number of rotatable bonds is 7. The summed E-state index contributed by atoms with van der Waals surface area (Å²) in [7, 11) is 0. The van der Waals surface area contributed by atoms with E-state index in [2.05, 4.69) is 22.5 Å². The van der Waals surface area contributed by atoms with Gasteiger partial charge in [0.2, 0.25) is 0 Å². The third-order valence-corrected chi connectivity index (χ3v) is 2.75. The standard InChI is InChI=1S/C11H23N3O/c1-2-3-4-5-6-7-8-14-9-12-11(15)13-10-14/h2-10H2,1H3,(H2,12,13,15). The van der Waals surface area contributed by atoms with E-state index in [1.165, 1.54) is 38.5 Å². The van der Waals surface area contributed by atoms with Crippen molar-refractivity contribution in [3.8, 4) is 0 Å². The highest BCUT2D eigenvalue weighted by Gasteiger charge is 2.12. The minimum Gasteiger partial charge on any atom is -0.325 e. The molecule has 1 fully saturated rings. The average Bonchev–Trinajstić information content (AvgIpc) is 2.26. The van der Waals surface area contributed by atoms with Crippen molar-refractivity contribution >= 4 is 6.03 Å². The molecule has 0 radical (unpaired) electrons. The normalized spacial score (nSPS) is 17.3. The lowest BCUT2D eigenvalue weighted by atomic mass is 10.1. The summed E-state index contributed by atoms with van der Waals surface area (Å²) in [4.78, 5) is 13.0. The highest BCUT2D eigenvalue weighted by molar-refractivity contribution is 5.74. The third-order valence-electron chi connectivity index (χ3n) is 2.75. The fourth-order valence-electron chi connectivity index (χ4n) is 1.76. The van der Waals surface area contributed by atoms with Gasteiger partial charge in [0.05, 0.1) is 13.3 Å². The SMILES string of the molecule is CCCCCCCCN1CNC(=O)NC1. The number of hydrogen-bond donors (Lipinski definition) is 2. The van der Waals surface area contributed by atoms with Crippen LogP contribution in [0.4, 0.5) is 4.79 Å². The van der Waals surface area contributed by atoms with Crippen LogP contribution in [0.5, 0.6) is 0 Å². The monoisotopic (exact) mass is 213 g/mol. The van der Waals surface area contributed by atoms with E-state index in [-0.39, 0.29) is 6.03 Å². The zero-order valence-electron chi connectivity index (χ0n) is 9.72.